The number of nitro benzene ring substituents is 1. The lowest BCUT2D eigenvalue weighted by molar-refractivity contribution is -0.384. The molecule has 122 valence electrons. The van der Waals surface area contributed by atoms with Crippen molar-refractivity contribution in [3.05, 3.63) is 69.1 Å². The summed E-state index contributed by atoms with van der Waals surface area (Å²) >= 11 is 5.96. The second kappa shape index (κ2) is 6.29. The Labute approximate surface area is 142 Å². The van der Waals surface area contributed by atoms with E-state index in [1.54, 1.807) is 28.8 Å². The van der Waals surface area contributed by atoms with Crippen LogP contribution in [0.25, 0.3) is 5.65 Å². The number of carbonyl (C=O) groups excluding carboxylic acids is 1. The number of nitro groups is 1. The van der Waals surface area contributed by atoms with Gasteiger partial charge in [-0.25, -0.2) is 4.98 Å². The summed E-state index contributed by atoms with van der Waals surface area (Å²) in [4.78, 5) is 27.4. The number of non-ortho nitro benzene ring substituents is 1. The minimum absolute atomic E-state index is 0.0894. The van der Waals surface area contributed by atoms with Crippen LogP contribution in [-0.4, -0.2) is 20.2 Å². The van der Waals surface area contributed by atoms with E-state index in [0.29, 0.717) is 34.2 Å². The molecule has 0 unspecified atom stereocenters. The van der Waals surface area contributed by atoms with E-state index >= 15 is 0 Å². The third-order valence-electron chi connectivity index (χ3n) is 3.53. The predicted molar refractivity (Wildman–Crippen MR) is 90.6 cm³/mol. The summed E-state index contributed by atoms with van der Waals surface area (Å²) in [6.07, 6.45) is 2.24. The normalized spacial score (nSPS) is 10.8. The summed E-state index contributed by atoms with van der Waals surface area (Å²) in [6, 6.07) is 9.12. The van der Waals surface area contributed by atoms with Crippen LogP contribution in [0.1, 0.15) is 23.1 Å². The maximum atomic E-state index is 12.7. The lowest BCUT2D eigenvalue weighted by Crippen LogP contribution is -2.16. The van der Waals surface area contributed by atoms with Crippen molar-refractivity contribution in [2.24, 2.45) is 0 Å². The molecular weight excluding hydrogens is 332 g/mol. The van der Waals surface area contributed by atoms with Crippen molar-refractivity contribution in [1.29, 1.82) is 0 Å². The lowest BCUT2D eigenvalue weighted by Gasteiger charge is -2.06. The number of fused-ring (bicyclic) bond motifs is 1. The molecule has 0 atom stereocenters. The summed E-state index contributed by atoms with van der Waals surface area (Å²) < 4.78 is 1.65. The fourth-order valence-corrected chi connectivity index (χ4v) is 2.60. The molecule has 8 heteroatoms. The standard InChI is InChI=1S/C16H13ClN4O3/c1-2-13-15(20-7-6-10(17)8-14(20)19-13)16(22)18-11-4-3-5-12(9-11)21(23)24/h3-9H,2H2,1H3,(H,18,22). The maximum Gasteiger partial charge on any atom is 0.274 e. The van der Waals surface area contributed by atoms with Crippen LogP contribution in [0.4, 0.5) is 11.4 Å². The second-order valence-electron chi connectivity index (χ2n) is 5.10. The predicted octanol–water partition coefficient (Wildman–Crippen LogP) is 3.71. The molecule has 0 bridgehead atoms. The molecule has 3 rings (SSSR count). The lowest BCUT2D eigenvalue weighted by atomic mass is 10.2. The van der Waals surface area contributed by atoms with Gasteiger partial charge in [-0.15, -0.1) is 0 Å². The highest BCUT2D eigenvalue weighted by atomic mass is 35.5. The first-order valence-electron chi connectivity index (χ1n) is 7.22. The van der Waals surface area contributed by atoms with Crippen molar-refractivity contribution in [2.45, 2.75) is 13.3 Å². The van der Waals surface area contributed by atoms with E-state index in [1.807, 2.05) is 6.92 Å². The molecule has 0 saturated carbocycles. The number of nitrogens with zero attached hydrogens (tertiary/aromatic N) is 3. The first kappa shape index (κ1) is 15.9. The molecule has 2 heterocycles. The number of halogens is 1. The van der Waals surface area contributed by atoms with Crippen molar-refractivity contribution >= 4 is 34.5 Å². The molecule has 0 aliphatic carbocycles. The Morgan fingerprint density at radius 1 is 1.38 bits per heavy atom. The Balaban J connectivity index is 1.99. The number of anilines is 1. The van der Waals surface area contributed by atoms with Gasteiger partial charge in [0, 0.05) is 35.1 Å². The summed E-state index contributed by atoms with van der Waals surface area (Å²) in [5.41, 5.74) is 1.84. The zero-order valence-electron chi connectivity index (χ0n) is 12.7. The molecule has 0 saturated heterocycles. The monoisotopic (exact) mass is 344 g/mol. The highest BCUT2D eigenvalue weighted by molar-refractivity contribution is 6.30. The fraction of sp³-hybridized carbons (Fsp3) is 0.125. The van der Waals surface area contributed by atoms with Gasteiger partial charge in [-0.05, 0) is 18.6 Å². The fourth-order valence-electron chi connectivity index (χ4n) is 2.44. The zero-order valence-corrected chi connectivity index (χ0v) is 13.4. The number of imidazole rings is 1. The molecule has 3 aromatic rings. The van der Waals surface area contributed by atoms with Gasteiger partial charge >= 0.3 is 0 Å². The number of aryl methyl sites for hydroxylation is 1. The molecule has 0 fully saturated rings. The van der Waals surface area contributed by atoms with Crippen LogP contribution in [0.3, 0.4) is 0 Å². The molecule has 0 spiro atoms. The van der Waals surface area contributed by atoms with Crippen LogP contribution in [0, 0.1) is 10.1 Å². The molecule has 7 nitrogen and oxygen atoms in total. The summed E-state index contributed by atoms with van der Waals surface area (Å²) in [7, 11) is 0. The van der Waals surface area contributed by atoms with Crippen molar-refractivity contribution in [2.75, 3.05) is 5.32 Å². The van der Waals surface area contributed by atoms with Gasteiger partial charge in [0.2, 0.25) is 0 Å². The van der Waals surface area contributed by atoms with E-state index in [9.17, 15) is 14.9 Å². The molecule has 0 aliphatic rings. The molecule has 1 aromatic carbocycles. The Bertz CT molecular complexity index is 952. The smallest absolute Gasteiger partial charge is 0.274 e. The van der Waals surface area contributed by atoms with Gasteiger partial charge in [0.1, 0.15) is 11.3 Å². The van der Waals surface area contributed by atoms with E-state index in [2.05, 4.69) is 10.3 Å². The van der Waals surface area contributed by atoms with E-state index in [-0.39, 0.29) is 11.6 Å². The number of pyridine rings is 1. The number of hydrogen-bond acceptors (Lipinski definition) is 4. The first-order valence-corrected chi connectivity index (χ1v) is 7.59. The van der Waals surface area contributed by atoms with Gasteiger partial charge in [-0.2, -0.15) is 0 Å². The summed E-state index contributed by atoms with van der Waals surface area (Å²) in [5, 5.41) is 14.1. The van der Waals surface area contributed by atoms with E-state index in [4.69, 9.17) is 11.6 Å². The third kappa shape index (κ3) is 2.93. The maximum absolute atomic E-state index is 12.7. The summed E-state index contributed by atoms with van der Waals surface area (Å²) in [6.45, 7) is 1.90. The minimum atomic E-state index is -0.511. The molecule has 1 N–H and O–H groups in total. The Morgan fingerprint density at radius 2 is 2.17 bits per heavy atom. The van der Waals surface area contributed by atoms with Crippen LogP contribution in [0.5, 0.6) is 0 Å². The van der Waals surface area contributed by atoms with Gasteiger partial charge in [0.15, 0.2) is 0 Å². The number of benzene rings is 1. The van der Waals surface area contributed by atoms with Gasteiger partial charge in [0.25, 0.3) is 11.6 Å². The van der Waals surface area contributed by atoms with Crippen molar-refractivity contribution in [3.8, 4) is 0 Å². The highest BCUT2D eigenvalue weighted by Crippen LogP contribution is 2.21. The molecule has 0 radical (unpaired) electrons. The third-order valence-corrected chi connectivity index (χ3v) is 3.76. The average Bonchev–Trinajstić information content (AvgIpc) is 2.92. The van der Waals surface area contributed by atoms with Crippen LogP contribution >= 0.6 is 11.6 Å². The Morgan fingerprint density at radius 3 is 2.88 bits per heavy atom. The Kier molecular flexibility index (Phi) is 4.18. The van der Waals surface area contributed by atoms with Gasteiger partial charge < -0.3 is 5.32 Å². The van der Waals surface area contributed by atoms with Crippen molar-refractivity contribution in [1.82, 2.24) is 9.38 Å². The molecule has 2 aromatic heterocycles. The molecule has 1 amide bonds. The number of amides is 1. The number of rotatable bonds is 4. The largest absolute Gasteiger partial charge is 0.320 e. The van der Waals surface area contributed by atoms with E-state index in [1.165, 1.54) is 18.2 Å². The van der Waals surface area contributed by atoms with E-state index in [0.717, 1.165) is 0 Å². The first-order chi connectivity index (χ1) is 11.5. The van der Waals surface area contributed by atoms with Crippen LogP contribution in [-0.2, 0) is 6.42 Å². The van der Waals surface area contributed by atoms with Crippen molar-refractivity contribution < 1.29 is 9.72 Å². The average molecular weight is 345 g/mol. The number of carbonyl (C=O) groups is 1. The van der Waals surface area contributed by atoms with Crippen LogP contribution in [0.2, 0.25) is 5.02 Å². The van der Waals surface area contributed by atoms with Gasteiger partial charge in [-0.1, -0.05) is 24.6 Å². The molecular formula is C16H13ClN4O3. The number of nitrogens with one attached hydrogen (secondary N) is 1. The SMILES string of the molecule is CCc1nc2cc(Cl)ccn2c1C(=O)Nc1cccc([N+](=O)[O-])c1. The molecule has 0 aliphatic heterocycles. The van der Waals surface area contributed by atoms with Crippen molar-refractivity contribution in [3.63, 3.8) is 0 Å². The van der Waals surface area contributed by atoms with Gasteiger partial charge in [-0.3, -0.25) is 19.3 Å². The quantitative estimate of drug-likeness (QED) is 0.577. The van der Waals surface area contributed by atoms with Crippen LogP contribution in [0.15, 0.2) is 42.6 Å². The Hall–Kier alpha value is -2.93. The van der Waals surface area contributed by atoms with Crippen LogP contribution < -0.4 is 5.32 Å². The molecule has 24 heavy (non-hydrogen) atoms. The summed E-state index contributed by atoms with van der Waals surface area (Å²) in [5.74, 6) is -0.387. The zero-order chi connectivity index (χ0) is 17.3. The highest BCUT2D eigenvalue weighted by Gasteiger charge is 2.19. The second-order valence-corrected chi connectivity index (χ2v) is 5.53. The number of hydrogen-bond donors (Lipinski definition) is 1. The topological polar surface area (TPSA) is 89.5 Å². The van der Waals surface area contributed by atoms with E-state index < -0.39 is 4.92 Å². The minimum Gasteiger partial charge on any atom is -0.320 e. The number of aromatic nitrogens is 2. The van der Waals surface area contributed by atoms with Gasteiger partial charge in [0.05, 0.1) is 10.6 Å².